The average Bonchev–Trinajstić information content (AvgIpc) is 2.99. The van der Waals surface area contributed by atoms with E-state index in [0.29, 0.717) is 11.1 Å². The summed E-state index contributed by atoms with van der Waals surface area (Å²) in [5.41, 5.74) is 1.00. The topological polar surface area (TPSA) is 51.8 Å². The van der Waals surface area contributed by atoms with Gasteiger partial charge in [-0.05, 0) is 18.2 Å². The maximum atomic E-state index is 13.5. The lowest BCUT2D eigenvalue weighted by atomic mass is 10.2. The minimum atomic E-state index is -0.865. The lowest BCUT2D eigenvalue weighted by Gasteiger charge is -2.01. The minimum Gasteiger partial charge on any atom is -0.411 e. The zero-order valence-electron chi connectivity index (χ0n) is 10.7. The smallest absolute Gasteiger partial charge is 0.277 e. The van der Waals surface area contributed by atoms with Gasteiger partial charge in [0.25, 0.3) is 5.22 Å². The molecule has 1 aromatic carbocycles. The molecule has 0 amide bonds. The van der Waals surface area contributed by atoms with Crippen molar-refractivity contribution in [2.24, 2.45) is 0 Å². The van der Waals surface area contributed by atoms with Gasteiger partial charge in [-0.25, -0.2) is 8.78 Å². The van der Waals surface area contributed by atoms with Crippen LogP contribution in [0.1, 0.15) is 5.56 Å². The molecule has 0 bridgehead atoms. The first-order valence-corrected chi connectivity index (χ1v) is 7.02. The van der Waals surface area contributed by atoms with Gasteiger partial charge in [-0.15, -0.1) is 10.2 Å². The summed E-state index contributed by atoms with van der Waals surface area (Å²) in [6, 6.07) is 7.55. The van der Waals surface area contributed by atoms with E-state index in [2.05, 4.69) is 15.2 Å². The molecule has 106 valence electrons. The zero-order chi connectivity index (χ0) is 14.7. The number of thioether (sulfide) groups is 1. The second kappa shape index (κ2) is 6.01. The number of nitrogens with zero attached hydrogens (tertiary/aromatic N) is 3. The van der Waals surface area contributed by atoms with Gasteiger partial charge in [-0.1, -0.05) is 23.9 Å². The Hall–Kier alpha value is -2.28. The van der Waals surface area contributed by atoms with Crippen molar-refractivity contribution in [3.05, 3.63) is 59.9 Å². The molecule has 0 fully saturated rings. The largest absolute Gasteiger partial charge is 0.411 e. The molecular weight excluding hydrogens is 296 g/mol. The Morgan fingerprint density at radius 1 is 1.05 bits per heavy atom. The number of halogens is 2. The predicted molar refractivity (Wildman–Crippen MR) is 73.4 cm³/mol. The zero-order valence-corrected chi connectivity index (χ0v) is 11.5. The maximum absolute atomic E-state index is 13.5. The summed E-state index contributed by atoms with van der Waals surface area (Å²) in [6.07, 6.45) is 3.24. The number of aromatic nitrogens is 3. The number of hydrogen-bond acceptors (Lipinski definition) is 5. The van der Waals surface area contributed by atoms with E-state index in [1.165, 1.54) is 12.1 Å². The molecule has 0 aliphatic heterocycles. The van der Waals surface area contributed by atoms with Crippen LogP contribution in [0, 0.1) is 11.6 Å². The van der Waals surface area contributed by atoms with Crippen molar-refractivity contribution in [1.29, 1.82) is 0 Å². The Kier molecular flexibility index (Phi) is 3.92. The fourth-order valence-corrected chi connectivity index (χ4v) is 2.42. The molecule has 0 radical (unpaired) electrons. The third-order valence-corrected chi connectivity index (χ3v) is 3.58. The summed E-state index contributed by atoms with van der Waals surface area (Å²) in [7, 11) is 0. The summed E-state index contributed by atoms with van der Waals surface area (Å²) in [4.78, 5) is 3.90. The molecule has 4 nitrogen and oxygen atoms in total. The third kappa shape index (κ3) is 3.08. The second-order valence-corrected chi connectivity index (χ2v) is 5.04. The molecule has 2 heterocycles. The minimum absolute atomic E-state index is 0.210. The molecule has 0 aliphatic carbocycles. The second-order valence-electron chi connectivity index (χ2n) is 4.11. The molecule has 0 unspecified atom stereocenters. The van der Waals surface area contributed by atoms with Crippen molar-refractivity contribution < 1.29 is 13.2 Å². The summed E-state index contributed by atoms with van der Waals surface area (Å²) < 4.78 is 32.1. The van der Waals surface area contributed by atoms with Gasteiger partial charge in [0.1, 0.15) is 0 Å². The molecule has 0 saturated carbocycles. The quantitative estimate of drug-likeness (QED) is 0.688. The summed E-state index contributed by atoms with van der Waals surface area (Å²) in [5.74, 6) is -1.14. The highest BCUT2D eigenvalue weighted by molar-refractivity contribution is 7.98. The van der Waals surface area contributed by atoms with Crippen LogP contribution in [0.5, 0.6) is 0 Å². The Labute approximate surface area is 123 Å². The van der Waals surface area contributed by atoms with Crippen LogP contribution in [-0.4, -0.2) is 15.2 Å². The molecular formula is C14H9F2N3OS. The molecule has 7 heteroatoms. The molecule has 21 heavy (non-hydrogen) atoms. The van der Waals surface area contributed by atoms with E-state index >= 15 is 0 Å². The van der Waals surface area contributed by atoms with Crippen LogP contribution in [-0.2, 0) is 5.75 Å². The summed E-state index contributed by atoms with van der Waals surface area (Å²) in [6.45, 7) is 0. The van der Waals surface area contributed by atoms with Crippen molar-refractivity contribution in [2.75, 3.05) is 0 Å². The third-order valence-electron chi connectivity index (χ3n) is 2.72. The standard InChI is InChI=1S/C14H9F2N3OS/c15-11-3-1-2-10(12(11)16)8-21-14-19-18-13(20-14)9-4-6-17-7-5-9/h1-7H,8H2. The van der Waals surface area contributed by atoms with Gasteiger partial charge in [-0.3, -0.25) is 4.98 Å². The molecule has 3 aromatic rings. The van der Waals surface area contributed by atoms with Crippen molar-refractivity contribution in [1.82, 2.24) is 15.2 Å². The predicted octanol–water partition coefficient (Wildman–Crippen LogP) is 3.70. The van der Waals surface area contributed by atoms with Crippen LogP contribution < -0.4 is 0 Å². The normalized spacial score (nSPS) is 10.8. The summed E-state index contributed by atoms with van der Waals surface area (Å²) in [5, 5.41) is 8.07. The van der Waals surface area contributed by atoms with E-state index in [1.54, 1.807) is 24.5 Å². The van der Waals surface area contributed by atoms with Crippen LogP contribution in [0.15, 0.2) is 52.4 Å². The Morgan fingerprint density at radius 3 is 2.67 bits per heavy atom. The highest BCUT2D eigenvalue weighted by Gasteiger charge is 2.12. The Bertz CT molecular complexity index is 749. The highest BCUT2D eigenvalue weighted by Crippen LogP contribution is 2.26. The summed E-state index contributed by atoms with van der Waals surface area (Å²) >= 11 is 1.15. The van der Waals surface area contributed by atoms with Crippen molar-refractivity contribution in [2.45, 2.75) is 11.0 Å². The van der Waals surface area contributed by atoms with Crippen LogP contribution in [0.25, 0.3) is 11.5 Å². The van der Waals surface area contributed by atoms with Crippen LogP contribution >= 0.6 is 11.8 Å². The van der Waals surface area contributed by atoms with Crippen LogP contribution in [0.3, 0.4) is 0 Å². The first-order valence-electron chi connectivity index (χ1n) is 6.03. The van der Waals surface area contributed by atoms with Gasteiger partial charge in [0.15, 0.2) is 11.6 Å². The number of rotatable bonds is 4. The van der Waals surface area contributed by atoms with Crippen molar-refractivity contribution in [3.8, 4) is 11.5 Å². The fourth-order valence-electron chi connectivity index (χ4n) is 1.68. The first-order chi connectivity index (χ1) is 10.2. The van der Waals surface area contributed by atoms with Gasteiger partial charge < -0.3 is 4.42 Å². The average molecular weight is 305 g/mol. The monoisotopic (exact) mass is 305 g/mol. The molecule has 0 N–H and O–H groups in total. The van der Waals surface area contributed by atoms with Gasteiger partial charge in [0.05, 0.1) is 0 Å². The van der Waals surface area contributed by atoms with E-state index in [4.69, 9.17) is 4.42 Å². The molecule has 3 rings (SSSR count). The van der Waals surface area contributed by atoms with Crippen molar-refractivity contribution in [3.63, 3.8) is 0 Å². The molecule has 0 atom stereocenters. The SMILES string of the molecule is Fc1cccc(CSc2nnc(-c3ccncc3)o2)c1F. The fraction of sp³-hybridized carbons (Fsp3) is 0.0714. The Morgan fingerprint density at radius 2 is 1.86 bits per heavy atom. The van der Waals surface area contributed by atoms with Gasteiger partial charge in [0.2, 0.25) is 5.89 Å². The van der Waals surface area contributed by atoms with E-state index in [-0.39, 0.29) is 11.3 Å². The molecule has 0 aliphatic rings. The first kappa shape index (κ1) is 13.7. The number of pyridine rings is 1. The van der Waals surface area contributed by atoms with Crippen LogP contribution in [0.4, 0.5) is 8.78 Å². The molecule has 2 aromatic heterocycles. The van der Waals surface area contributed by atoms with E-state index < -0.39 is 11.6 Å². The van der Waals surface area contributed by atoms with Crippen molar-refractivity contribution >= 4 is 11.8 Å². The molecule has 0 saturated heterocycles. The number of benzene rings is 1. The van der Waals surface area contributed by atoms with E-state index in [9.17, 15) is 8.78 Å². The van der Waals surface area contributed by atoms with Gasteiger partial charge >= 0.3 is 0 Å². The van der Waals surface area contributed by atoms with Gasteiger partial charge in [-0.2, -0.15) is 0 Å². The maximum Gasteiger partial charge on any atom is 0.277 e. The van der Waals surface area contributed by atoms with E-state index in [1.807, 2.05) is 0 Å². The van der Waals surface area contributed by atoms with Crippen LogP contribution in [0.2, 0.25) is 0 Å². The molecule has 0 spiro atoms. The highest BCUT2D eigenvalue weighted by atomic mass is 32.2. The Balaban J connectivity index is 1.72. The lowest BCUT2D eigenvalue weighted by Crippen LogP contribution is -1.91. The van der Waals surface area contributed by atoms with E-state index in [0.717, 1.165) is 23.4 Å². The lowest BCUT2D eigenvalue weighted by molar-refractivity contribution is 0.465. The van der Waals surface area contributed by atoms with Gasteiger partial charge in [0, 0.05) is 29.3 Å². The number of hydrogen-bond donors (Lipinski definition) is 0.